The molecular formula is C18H22Cl2N2O2S. The number of hydrogen-bond acceptors (Lipinski definition) is 3. The highest BCUT2D eigenvalue weighted by Crippen LogP contribution is 2.28. The first-order valence-corrected chi connectivity index (χ1v) is 9.95. The maximum atomic E-state index is 12.3. The molecule has 0 aliphatic carbocycles. The van der Waals surface area contributed by atoms with Crippen LogP contribution >= 0.6 is 23.2 Å². The van der Waals surface area contributed by atoms with Gasteiger partial charge in [-0.2, -0.15) is 0 Å². The van der Waals surface area contributed by atoms with Crippen LogP contribution in [0.3, 0.4) is 0 Å². The molecule has 0 fully saturated rings. The van der Waals surface area contributed by atoms with Crippen LogP contribution in [-0.2, 0) is 22.1 Å². The normalized spacial score (nSPS) is 12.6. The van der Waals surface area contributed by atoms with E-state index in [0.29, 0.717) is 16.6 Å². The molecule has 0 saturated carbocycles. The second-order valence-electron chi connectivity index (χ2n) is 6.54. The molecule has 0 aliphatic heterocycles. The van der Waals surface area contributed by atoms with Crippen molar-refractivity contribution in [2.75, 3.05) is 14.1 Å². The molecule has 0 atom stereocenters. The van der Waals surface area contributed by atoms with Gasteiger partial charge in [-0.1, -0.05) is 41.4 Å². The summed E-state index contributed by atoms with van der Waals surface area (Å²) in [7, 11) is -0.399. The van der Waals surface area contributed by atoms with Crippen molar-refractivity contribution in [1.82, 2.24) is 9.62 Å². The molecule has 2 aromatic carbocycles. The molecule has 25 heavy (non-hydrogen) atoms. The Morgan fingerprint density at radius 1 is 1.04 bits per heavy atom. The molecule has 2 rings (SSSR count). The van der Waals surface area contributed by atoms with E-state index < -0.39 is 10.0 Å². The third-order valence-electron chi connectivity index (χ3n) is 4.05. The zero-order chi connectivity index (χ0) is 18.8. The predicted molar refractivity (Wildman–Crippen MR) is 104 cm³/mol. The highest BCUT2D eigenvalue weighted by atomic mass is 35.5. The van der Waals surface area contributed by atoms with Gasteiger partial charge in [0.25, 0.3) is 0 Å². The molecule has 7 heteroatoms. The fraction of sp³-hybridized carbons (Fsp3) is 0.333. The first kappa shape index (κ1) is 20.2. The number of nitrogens with zero attached hydrogens (tertiary/aromatic N) is 1. The van der Waals surface area contributed by atoms with E-state index in [9.17, 15) is 8.42 Å². The van der Waals surface area contributed by atoms with Gasteiger partial charge in [0.15, 0.2) is 0 Å². The van der Waals surface area contributed by atoms with E-state index in [2.05, 4.69) is 5.32 Å². The maximum absolute atomic E-state index is 12.3. The summed E-state index contributed by atoms with van der Waals surface area (Å²) in [4.78, 5) is 0.282. The van der Waals surface area contributed by atoms with Crippen molar-refractivity contribution in [3.63, 3.8) is 0 Å². The number of hydrogen-bond donors (Lipinski definition) is 1. The van der Waals surface area contributed by atoms with Gasteiger partial charge in [0.2, 0.25) is 10.0 Å². The lowest BCUT2D eigenvalue weighted by Crippen LogP contribution is -2.36. The Bertz CT molecular complexity index is 865. The molecule has 0 saturated heterocycles. The van der Waals surface area contributed by atoms with Gasteiger partial charge in [-0.25, -0.2) is 12.7 Å². The molecule has 0 aliphatic rings. The second-order valence-corrected chi connectivity index (χ2v) is 9.51. The van der Waals surface area contributed by atoms with Crippen molar-refractivity contribution in [2.24, 2.45) is 0 Å². The molecule has 0 spiro atoms. The Kier molecular flexibility index (Phi) is 6.17. The first-order valence-electron chi connectivity index (χ1n) is 7.76. The Morgan fingerprint density at radius 2 is 1.72 bits per heavy atom. The topological polar surface area (TPSA) is 49.4 Å². The molecule has 1 N–H and O–H groups in total. The van der Waals surface area contributed by atoms with Crippen LogP contribution in [0.4, 0.5) is 0 Å². The maximum Gasteiger partial charge on any atom is 0.242 e. The average Bonchev–Trinajstić information content (AvgIpc) is 2.55. The van der Waals surface area contributed by atoms with Crippen molar-refractivity contribution in [1.29, 1.82) is 0 Å². The lowest BCUT2D eigenvalue weighted by Gasteiger charge is -2.27. The molecule has 2 aromatic rings. The largest absolute Gasteiger partial charge is 0.304 e. The Balaban J connectivity index is 2.19. The van der Waals surface area contributed by atoms with Crippen molar-refractivity contribution in [3.8, 4) is 0 Å². The molecule has 4 nitrogen and oxygen atoms in total. The molecule has 0 heterocycles. The third kappa shape index (κ3) is 4.74. The highest BCUT2D eigenvalue weighted by Gasteiger charge is 2.21. The summed E-state index contributed by atoms with van der Waals surface area (Å²) in [5.74, 6) is 0. The van der Waals surface area contributed by atoms with Crippen LogP contribution in [0, 0.1) is 0 Å². The minimum absolute atomic E-state index is 0.282. The van der Waals surface area contributed by atoms with Gasteiger partial charge in [-0.3, -0.25) is 0 Å². The van der Waals surface area contributed by atoms with Gasteiger partial charge in [-0.05, 0) is 49.2 Å². The van der Waals surface area contributed by atoms with Gasteiger partial charge in [0.05, 0.1) is 14.9 Å². The van der Waals surface area contributed by atoms with Crippen LogP contribution in [0.1, 0.15) is 25.0 Å². The summed E-state index contributed by atoms with van der Waals surface area (Å²) in [6, 6.07) is 12.5. The molecule has 0 bridgehead atoms. The first-order chi connectivity index (χ1) is 11.5. The number of rotatable bonds is 6. The van der Waals surface area contributed by atoms with Crippen LogP contribution in [0.5, 0.6) is 0 Å². The van der Waals surface area contributed by atoms with E-state index >= 15 is 0 Å². The number of halogens is 2. The van der Waals surface area contributed by atoms with Crippen molar-refractivity contribution >= 4 is 33.2 Å². The summed E-state index contributed by atoms with van der Waals surface area (Å²) < 4.78 is 25.7. The smallest absolute Gasteiger partial charge is 0.242 e. The van der Waals surface area contributed by atoms with E-state index in [1.54, 1.807) is 24.3 Å². The predicted octanol–water partition coefficient (Wildman–Crippen LogP) is 4.27. The molecule has 136 valence electrons. The fourth-order valence-electron chi connectivity index (χ4n) is 2.34. The van der Waals surface area contributed by atoms with Crippen molar-refractivity contribution in [2.45, 2.75) is 30.8 Å². The molecular weight excluding hydrogens is 379 g/mol. The van der Waals surface area contributed by atoms with Crippen molar-refractivity contribution < 1.29 is 8.42 Å². The van der Waals surface area contributed by atoms with Gasteiger partial charge in [0.1, 0.15) is 0 Å². The lowest BCUT2D eigenvalue weighted by molar-refractivity contribution is 0.401. The van der Waals surface area contributed by atoms with E-state index in [0.717, 1.165) is 11.1 Å². The summed E-state index contributed by atoms with van der Waals surface area (Å²) in [5.41, 5.74) is 1.53. The number of benzene rings is 2. The van der Waals surface area contributed by atoms with Crippen molar-refractivity contribution in [3.05, 3.63) is 63.6 Å². The minimum Gasteiger partial charge on any atom is -0.304 e. The van der Waals surface area contributed by atoms with Crippen LogP contribution in [0.2, 0.25) is 10.0 Å². The van der Waals surface area contributed by atoms with Crippen LogP contribution < -0.4 is 5.32 Å². The van der Waals surface area contributed by atoms with Gasteiger partial charge in [0, 0.05) is 26.2 Å². The van der Waals surface area contributed by atoms with Gasteiger partial charge in [-0.15, -0.1) is 0 Å². The average molecular weight is 401 g/mol. The Morgan fingerprint density at radius 3 is 2.32 bits per heavy atom. The Hall–Kier alpha value is -1.11. The Labute approximate surface area is 159 Å². The monoisotopic (exact) mass is 400 g/mol. The van der Waals surface area contributed by atoms with Crippen LogP contribution in [0.15, 0.2) is 47.4 Å². The van der Waals surface area contributed by atoms with Crippen LogP contribution in [-0.4, -0.2) is 26.8 Å². The van der Waals surface area contributed by atoms with Crippen LogP contribution in [0.25, 0.3) is 0 Å². The summed E-state index contributed by atoms with van der Waals surface area (Å²) >= 11 is 12.1. The quantitative estimate of drug-likeness (QED) is 0.787. The molecule has 0 radical (unpaired) electrons. The fourth-order valence-corrected chi connectivity index (χ4v) is 3.61. The van der Waals surface area contributed by atoms with E-state index in [1.165, 1.54) is 18.4 Å². The highest BCUT2D eigenvalue weighted by molar-refractivity contribution is 7.89. The minimum atomic E-state index is -3.44. The number of nitrogens with one attached hydrogen (secondary N) is 1. The van der Waals surface area contributed by atoms with Gasteiger partial charge >= 0.3 is 0 Å². The standard InChI is InChI=1S/C18H22Cl2N2O2S/c1-18(2,14-8-9-16(19)17(20)11-14)21-12-13-6-5-7-15(10-13)25(23,24)22(3)4/h5-11,21H,12H2,1-4H3. The van der Waals surface area contributed by atoms with E-state index in [1.807, 2.05) is 32.0 Å². The number of sulfonamides is 1. The third-order valence-corrected chi connectivity index (χ3v) is 6.60. The molecule has 0 unspecified atom stereocenters. The zero-order valence-electron chi connectivity index (χ0n) is 14.7. The molecule has 0 aromatic heterocycles. The van der Waals surface area contributed by atoms with E-state index in [-0.39, 0.29) is 10.4 Å². The second kappa shape index (κ2) is 7.64. The van der Waals surface area contributed by atoms with Gasteiger partial charge < -0.3 is 5.32 Å². The lowest BCUT2D eigenvalue weighted by atomic mass is 9.94. The zero-order valence-corrected chi connectivity index (χ0v) is 17.0. The molecule has 0 amide bonds. The SMILES string of the molecule is CN(C)S(=O)(=O)c1cccc(CNC(C)(C)c2ccc(Cl)c(Cl)c2)c1. The summed E-state index contributed by atoms with van der Waals surface area (Å²) in [5, 5.41) is 4.46. The summed E-state index contributed by atoms with van der Waals surface area (Å²) in [6.07, 6.45) is 0. The summed E-state index contributed by atoms with van der Waals surface area (Å²) in [6.45, 7) is 4.59. The van der Waals surface area contributed by atoms with E-state index in [4.69, 9.17) is 23.2 Å².